The third-order valence-electron chi connectivity index (χ3n) is 10.4. The number of nitrogens with zero attached hydrogens (tertiary/aromatic N) is 3. The third-order valence-corrected chi connectivity index (χ3v) is 10.4. The molecule has 3 aliphatic heterocycles. The molecule has 0 saturated carbocycles. The number of ether oxygens (including phenoxy) is 1. The fourth-order valence-corrected chi connectivity index (χ4v) is 7.48. The predicted molar refractivity (Wildman–Crippen MR) is 200 cm³/mol. The zero-order valence-corrected chi connectivity index (χ0v) is 31.6. The average molecular weight is 762 g/mol. The maximum atomic E-state index is 14.6. The van der Waals surface area contributed by atoms with Gasteiger partial charge in [0.05, 0.1) is 0 Å². The number of esters is 1. The van der Waals surface area contributed by atoms with Crippen LogP contribution in [0, 0.1) is 5.92 Å². The second-order valence-electron chi connectivity index (χ2n) is 14.6. The monoisotopic (exact) mass is 761 g/mol. The summed E-state index contributed by atoms with van der Waals surface area (Å²) in [5, 5.41) is 20.6. The SMILES string of the molecule is CC1CC2C(=O)OC(C)C(NC(=O)C(Cc3ccccc3)NC(=O)Nc3ccccc3)C(=O)N3CCCC3C(=O)N(C)C(CCO)C(=O)NC(C)C(=O)N2C1. The first kappa shape index (κ1) is 40.7. The van der Waals surface area contributed by atoms with E-state index in [9.17, 15) is 38.7 Å². The highest BCUT2D eigenvalue weighted by atomic mass is 16.5. The first-order chi connectivity index (χ1) is 26.3. The lowest BCUT2D eigenvalue weighted by molar-refractivity contribution is -0.162. The van der Waals surface area contributed by atoms with Crippen LogP contribution in [0.2, 0.25) is 0 Å². The Hall–Kier alpha value is -5.51. The first-order valence-corrected chi connectivity index (χ1v) is 18.7. The molecular weight excluding hydrogens is 710 g/mol. The Kier molecular flexibility index (Phi) is 13.5. The van der Waals surface area contributed by atoms with Gasteiger partial charge in [-0.25, -0.2) is 9.59 Å². The quantitative estimate of drug-likeness (QED) is 0.241. The van der Waals surface area contributed by atoms with Crippen LogP contribution in [-0.2, 0) is 39.9 Å². The smallest absolute Gasteiger partial charge is 0.329 e. The third kappa shape index (κ3) is 9.79. The largest absolute Gasteiger partial charge is 0.458 e. The summed E-state index contributed by atoms with van der Waals surface area (Å²) < 4.78 is 5.90. The summed E-state index contributed by atoms with van der Waals surface area (Å²) in [5.41, 5.74) is 1.21. The highest BCUT2D eigenvalue weighted by Crippen LogP contribution is 2.27. The molecule has 7 amide bonds. The molecule has 2 aromatic carbocycles. The Morgan fingerprint density at radius 3 is 2.25 bits per heavy atom. The van der Waals surface area contributed by atoms with E-state index in [1.54, 1.807) is 54.6 Å². The molecule has 16 heteroatoms. The van der Waals surface area contributed by atoms with Crippen molar-refractivity contribution in [2.45, 2.75) is 95.2 Å². The van der Waals surface area contributed by atoms with Crippen LogP contribution in [0.1, 0.15) is 52.0 Å². The molecule has 3 saturated heterocycles. The molecule has 296 valence electrons. The molecule has 0 spiro atoms. The molecular formula is C39H51N7O9. The van der Waals surface area contributed by atoms with E-state index >= 15 is 0 Å². The molecule has 0 bridgehead atoms. The van der Waals surface area contributed by atoms with Crippen molar-refractivity contribution in [1.82, 2.24) is 30.7 Å². The van der Waals surface area contributed by atoms with Crippen LogP contribution in [0.4, 0.5) is 10.5 Å². The number of aliphatic hydroxyl groups excluding tert-OH is 1. The minimum Gasteiger partial charge on any atom is -0.458 e. The number of hydrogen-bond acceptors (Lipinski definition) is 9. The Morgan fingerprint density at radius 2 is 1.58 bits per heavy atom. The Bertz CT molecular complexity index is 1730. The molecule has 3 fully saturated rings. The Balaban J connectivity index is 1.49. The van der Waals surface area contributed by atoms with Gasteiger partial charge >= 0.3 is 12.0 Å². The van der Waals surface area contributed by atoms with Crippen molar-refractivity contribution in [3.8, 4) is 0 Å². The van der Waals surface area contributed by atoms with E-state index in [2.05, 4.69) is 21.3 Å². The van der Waals surface area contributed by atoms with Crippen molar-refractivity contribution in [3.05, 3.63) is 66.2 Å². The number of benzene rings is 2. The van der Waals surface area contributed by atoms with Gasteiger partial charge in [-0.1, -0.05) is 55.5 Å². The van der Waals surface area contributed by atoms with Crippen LogP contribution in [0.15, 0.2) is 60.7 Å². The number of para-hydroxylation sites is 1. The first-order valence-electron chi connectivity index (χ1n) is 18.7. The number of hydrogen-bond donors (Lipinski definition) is 5. The molecule has 8 atom stereocenters. The van der Waals surface area contributed by atoms with Crippen LogP contribution in [0.5, 0.6) is 0 Å². The molecule has 2 aromatic rings. The maximum Gasteiger partial charge on any atom is 0.329 e. The predicted octanol–water partition coefficient (Wildman–Crippen LogP) is 0.792. The zero-order chi connectivity index (χ0) is 39.8. The summed E-state index contributed by atoms with van der Waals surface area (Å²) in [7, 11) is 1.40. The van der Waals surface area contributed by atoms with E-state index in [0.29, 0.717) is 12.1 Å². The van der Waals surface area contributed by atoms with Crippen LogP contribution in [-0.4, -0.2) is 130 Å². The summed E-state index contributed by atoms with van der Waals surface area (Å²) >= 11 is 0. The van der Waals surface area contributed by atoms with Crippen molar-refractivity contribution in [2.75, 3.05) is 32.1 Å². The van der Waals surface area contributed by atoms with Gasteiger partial charge in [-0.05, 0) is 63.1 Å². The number of urea groups is 1. The average Bonchev–Trinajstić information content (AvgIpc) is 3.82. The topological polar surface area (TPSA) is 207 Å². The summed E-state index contributed by atoms with van der Waals surface area (Å²) in [4.78, 5) is 101. The van der Waals surface area contributed by atoms with E-state index in [1.807, 2.05) is 13.0 Å². The highest BCUT2D eigenvalue weighted by molar-refractivity contribution is 5.98. The summed E-state index contributed by atoms with van der Waals surface area (Å²) in [6.07, 6.45) is -0.425. The number of amides is 7. The van der Waals surface area contributed by atoms with Gasteiger partial charge in [0.2, 0.25) is 29.5 Å². The molecule has 0 radical (unpaired) electrons. The van der Waals surface area contributed by atoms with E-state index < -0.39 is 90.5 Å². The Labute approximate surface area is 320 Å². The molecule has 5 rings (SSSR count). The van der Waals surface area contributed by atoms with Gasteiger partial charge in [0, 0.05) is 38.9 Å². The van der Waals surface area contributed by atoms with Crippen molar-refractivity contribution in [1.29, 1.82) is 0 Å². The van der Waals surface area contributed by atoms with Crippen LogP contribution in [0.3, 0.4) is 0 Å². The summed E-state index contributed by atoms with van der Waals surface area (Å²) in [6, 6.07) is 9.90. The standard InChI is InChI=1S/C39H51N7O9/c1-23-20-31-38(53)55-25(3)32(43-33(48)28(21-26-12-7-5-8-13-26)42-39(54)41-27-14-9-6-10-15-27)37(52)45-18-11-16-30(45)36(51)44(4)29(17-19-47)34(49)40-24(2)35(50)46(31)22-23/h5-10,12-15,23-25,28-32,47H,11,16-22H2,1-4H3,(H,40,49)(H,43,48)(H2,41,42,54). The van der Waals surface area contributed by atoms with Gasteiger partial charge in [-0.3, -0.25) is 24.0 Å². The lowest BCUT2D eigenvalue weighted by Crippen LogP contribution is -2.62. The number of carbonyl (C=O) groups is 7. The van der Waals surface area contributed by atoms with Crippen molar-refractivity contribution in [3.63, 3.8) is 0 Å². The number of cyclic esters (lactones) is 1. The van der Waals surface area contributed by atoms with Crippen molar-refractivity contribution >= 4 is 47.2 Å². The molecule has 8 unspecified atom stereocenters. The number of fused-ring (bicyclic) bond motifs is 2. The summed E-state index contributed by atoms with van der Waals surface area (Å²) in [5.74, 6) is -4.13. The van der Waals surface area contributed by atoms with Gasteiger partial charge in [-0.2, -0.15) is 0 Å². The number of likely N-dealkylation sites (N-methyl/N-ethyl adjacent to an activating group) is 1. The number of nitrogens with one attached hydrogen (secondary N) is 4. The number of aliphatic hydroxyl groups is 1. The van der Waals surface area contributed by atoms with Crippen molar-refractivity contribution < 1.29 is 43.4 Å². The molecule has 16 nitrogen and oxygen atoms in total. The van der Waals surface area contributed by atoms with Gasteiger partial charge in [-0.15, -0.1) is 0 Å². The fraction of sp³-hybridized carbons (Fsp3) is 0.513. The number of rotatable bonds is 8. The van der Waals surface area contributed by atoms with E-state index in [4.69, 9.17) is 4.74 Å². The zero-order valence-electron chi connectivity index (χ0n) is 31.6. The normalized spacial score (nSPS) is 27.1. The maximum absolute atomic E-state index is 14.6. The minimum atomic E-state index is -1.52. The molecule has 5 N–H and O–H groups in total. The second kappa shape index (κ2) is 18.2. The Morgan fingerprint density at radius 1 is 0.909 bits per heavy atom. The fourth-order valence-electron chi connectivity index (χ4n) is 7.48. The van der Waals surface area contributed by atoms with Crippen LogP contribution < -0.4 is 21.3 Å². The molecule has 3 heterocycles. The number of anilines is 1. The molecule has 0 aromatic heterocycles. The van der Waals surface area contributed by atoms with E-state index in [-0.39, 0.29) is 44.7 Å². The van der Waals surface area contributed by atoms with Gasteiger partial charge < -0.3 is 45.8 Å². The van der Waals surface area contributed by atoms with Crippen molar-refractivity contribution in [2.24, 2.45) is 5.92 Å². The second-order valence-corrected chi connectivity index (χ2v) is 14.6. The molecule has 3 aliphatic rings. The number of carbonyl (C=O) groups excluding carboxylic acids is 7. The molecule has 0 aliphatic carbocycles. The van der Waals surface area contributed by atoms with E-state index in [0.717, 1.165) is 5.56 Å². The highest BCUT2D eigenvalue weighted by Gasteiger charge is 2.46. The van der Waals surface area contributed by atoms with Gasteiger partial charge in [0.25, 0.3) is 0 Å². The summed E-state index contributed by atoms with van der Waals surface area (Å²) in [6.45, 7) is 4.72. The minimum absolute atomic E-state index is 0.0448. The molecule has 55 heavy (non-hydrogen) atoms. The van der Waals surface area contributed by atoms with E-state index in [1.165, 1.54) is 35.6 Å². The van der Waals surface area contributed by atoms with Crippen LogP contribution >= 0.6 is 0 Å². The lowest BCUT2D eigenvalue weighted by Gasteiger charge is -2.36. The lowest BCUT2D eigenvalue weighted by atomic mass is 10.0. The van der Waals surface area contributed by atoms with Gasteiger partial charge in [0.1, 0.15) is 42.4 Å². The van der Waals surface area contributed by atoms with Crippen LogP contribution in [0.25, 0.3) is 0 Å². The van der Waals surface area contributed by atoms with Gasteiger partial charge in [0.15, 0.2) is 0 Å².